The largest absolute Gasteiger partial charge is 1.00 e. The summed E-state index contributed by atoms with van der Waals surface area (Å²) in [6.07, 6.45) is 2.99. The Balaban J connectivity index is 0. The molecule has 1 rings (SSSR count). The monoisotopic (exact) mass is 235 g/mol. The molecule has 1 saturated heterocycles. The van der Waals surface area contributed by atoms with Crippen molar-refractivity contribution >= 4 is 22.1 Å². The molecule has 2 N–H and O–H groups in total. The third-order valence-electron chi connectivity index (χ3n) is 1.73. The van der Waals surface area contributed by atoms with Crippen molar-refractivity contribution in [1.82, 2.24) is 4.72 Å². The molecule has 1 atom stereocenters. The molecule has 0 aromatic heterocycles. The van der Waals surface area contributed by atoms with Crippen LogP contribution in [-0.2, 0) is 10.3 Å². The summed E-state index contributed by atoms with van der Waals surface area (Å²) in [5.74, 6) is 1.85. The second-order valence-corrected chi connectivity index (χ2v) is 5.20. The molecule has 0 spiro atoms. The van der Waals surface area contributed by atoms with Crippen LogP contribution >= 0.6 is 11.8 Å². The molecule has 0 aromatic rings. The third-order valence-corrected chi connectivity index (χ3v) is 3.57. The van der Waals surface area contributed by atoms with E-state index in [1.807, 2.05) is 0 Å². The molecule has 4 nitrogen and oxygen atoms in total. The molecule has 74 valence electrons. The van der Waals surface area contributed by atoms with Gasteiger partial charge in [-0.05, 0) is 18.6 Å². The Bertz CT molecular complexity index is 229. The first-order valence-electron chi connectivity index (χ1n) is 3.90. The van der Waals surface area contributed by atoms with E-state index >= 15 is 0 Å². The SMILES string of the molecule is O=S(=O)(O)NC1CCCCSC1.[H-].[Na+]. The van der Waals surface area contributed by atoms with Crippen LogP contribution in [0.25, 0.3) is 0 Å². The molecule has 7 heteroatoms. The predicted molar refractivity (Wildman–Crippen MR) is 50.8 cm³/mol. The van der Waals surface area contributed by atoms with Crippen LogP contribution in [0, 0.1) is 0 Å². The van der Waals surface area contributed by atoms with Gasteiger partial charge in [-0.15, -0.1) is 0 Å². The van der Waals surface area contributed by atoms with Crippen molar-refractivity contribution < 1.29 is 44.0 Å². The summed E-state index contributed by atoms with van der Waals surface area (Å²) in [4.78, 5) is 0. The average molecular weight is 235 g/mol. The van der Waals surface area contributed by atoms with Crippen molar-refractivity contribution in [2.24, 2.45) is 0 Å². The zero-order chi connectivity index (χ0) is 9.03. The summed E-state index contributed by atoms with van der Waals surface area (Å²) in [5, 5.41) is 0. The number of hydrogen-bond donors (Lipinski definition) is 2. The molecular weight excluding hydrogens is 221 g/mol. The fourth-order valence-corrected chi connectivity index (χ4v) is 3.04. The summed E-state index contributed by atoms with van der Waals surface area (Å²) in [7, 11) is -4.00. The van der Waals surface area contributed by atoms with E-state index in [2.05, 4.69) is 4.72 Å². The fourth-order valence-electron chi connectivity index (χ4n) is 1.21. The van der Waals surface area contributed by atoms with Crippen molar-refractivity contribution in [2.45, 2.75) is 25.3 Å². The Labute approximate surface area is 107 Å². The van der Waals surface area contributed by atoms with E-state index in [4.69, 9.17) is 4.55 Å². The Kier molecular flexibility index (Phi) is 7.28. The van der Waals surface area contributed by atoms with Crippen molar-refractivity contribution in [3.8, 4) is 0 Å². The summed E-state index contributed by atoms with van der Waals surface area (Å²) in [6, 6.07) is -0.0903. The van der Waals surface area contributed by atoms with Gasteiger partial charge in [0.05, 0.1) is 0 Å². The van der Waals surface area contributed by atoms with Crippen molar-refractivity contribution in [2.75, 3.05) is 11.5 Å². The smallest absolute Gasteiger partial charge is 1.00 e. The molecule has 0 bridgehead atoms. The summed E-state index contributed by atoms with van der Waals surface area (Å²) in [5.41, 5.74) is 0. The second-order valence-electron chi connectivity index (χ2n) is 2.86. The van der Waals surface area contributed by atoms with Gasteiger partial charge in [-0.1, -0.05) is 6.42 Å². The van der Waals surface area contributed by atoms with E-state index < -0.39 is 10.3 Å². The maximum Gasteiger partial charge on any atom is 1.00 e. The molecule has 1 aliphatic rings. The van der Waals surface area contributed by atoms with E-state index in [0.29, 0.717) is 0 Å². The number of thioether (sulfide) groups is 1. The number of hydrogen-bond acceptors (Lipinski definition) is 3. The van der Waals surface area contributed by atoms with Gasteiger partial charge in [0.15, 0.2) is 0 Å². The zero-order valence-electron chi connectivity index (χ0n) is 8.69. The van der Waals surface area contributed by atoms with Gasteiger partial charge in [0.25, 0.3) is 0 Å². The van der Waals surface area contributed by atoms with Gasteiger partial charge in [-0.25, -0.2) is 0 Å². The topological polar surface area (TPSA) is 66.4 Å². The molecule has 0 aromatic carbocycles. The minimum atomic E-state index is -4.00. The molecule has 0 aliphatic carbocycles. The molecule has 0 saturated carbocycles. The van der Waals surface area contributed by atoms with Crippen LogP contribution in [0.15, 0.2) is 0 Å². The van der Waals surface area contributed by atoms with Crippen LogP contribution in [0.4, 0.5) is 0 Å². The van der Waals surface area contributed by atoms with Gasteiger partial charge in [0.1, 0.15) is 0 Å². The first kappa shape index (κ1) is 14.2. The van der Waals surface area contributed by atoms with Crippen LogP contribution in [0.3, 0.4) is 0 Å². The van der Waals surface area contributed by atoms with Crippen LogP contribution in [0.2, 0.25) is 0 Å². The maximum absolute atomic E-state index is 10.4. The number of nitrogens with one attached hydrogen (secondary N) is 1. The second kappa shape index (κ2) is 6.66. The van der Waals surface area contributed by atoms with Crippen LogP contribution in [-0.4, -0.2) is 30.5 Å². The molecule has 1 aliphatic heterocycles. The molecule has 0 radical (unpaired) electrons. The first-order chi connectivity index (χ1) is 5.58. The van der Waals surface area contributed by atoms with Gasteiger partial charge < -0.3 is 1.43 Å². The normalized spacial score (nSPS) is 24.5. The quantitative estimate of drug-likeness (QED) is 0.420. The van der Waals surface area contributed by atoms with Gasteiger partial charge in [0.2, 0.25) is 0 Å². The predicted octanol–water partition coefficient (Wildman–Crippen LogP) is -2.22. The van der Waals surface area contributed by atoms with Crippen molar-refractivity contribution in [1.29, 1.82) is 0 Å². The van der Waals surface area contributed by atoms with Crippen LogP contribution in [0.5, 0.6) is 0 Å². The average Bonchev–Trinajstić information content (AvgIpc) is 2.12. The first-order valence-corrected chi connectivity index (χ1v) is 6.50. The Hall–Kier alpha value is 1.22. The summed E-state index contributed by atoms with van der Waals surface area (Å²) < 4.78 is 31.6. The molecule has 1 heterocycles. The van der Waals surface area contributed by atoms with E-state index in [1.165, 1.54) is 0 Å². The van der Waals surface area contributed by atoms with Gasteiger partial charge in [0, 0.05) is 11.8 Å². The standard InChI is InChI=1S/C6H13NO3S2.Na.H/c8-12(9,10)7-6-3-1-2-4-11-5-6;;/h6-7H,1-5H2,(H,8,9,10);;/q;+1;-1. The molecular formula is C6H14NNaO3S2. The number of rotatable bonds is 2. The summed E-state index contributed by atoms with van der Waals surface area (Å²) >= 11 is 1.73. The fraction of sp³-hybridized carbons (Fsp3) is 1.00. The minimum absolute atomic E-state index is 0. The Morgan fingerprint density at radius 3 is 2.77 bits per heavy atom. The van der Waals surface area contributed by atoms with Gasteiger partial charge >= 0.3 is 39.9 Å². The third kappa shape index (κ3) is 7.18. The van der Waals surface area contributed by atoms with Gasteiger partial charge in [-0.2, -0.15) is 24.9 Å². The molecule has 1 fully saturated rings. The minimum Gasteiger partial charge on any atom is -1.00 e. The Morgan fingerprint density at radius 1 is 1.46 bits per heavy atom. The zero-order valence-corrected chi connectivity index (χ0v) is 11.3. The molecule has 13 heavy (non-hydrogen) atoms. The van der Waals surface area contributed by atoms with E-state index in [0.717, 1.165) is 30.8 Å². The van der Waals surface area contributed by atoms with E-state index in [1.54, 1.807) is 11.8 Å². The van der Waals surface area contributed by atoms with Crippen molar-refractivity contribution in [3.63, 3.8) is 0 Å². The van der Waals surface area contributed by atoms with E-state index in [9.17, 15) is 8.42 Å². The molecule has 0 amide bonds. The summed E-state index contributed by atoms with van der Waals surface area (Å²) in [6.45, 7) is 0. The van der Waals surface area contributed by atoms with Crippen LogP contribution in [0.1, 0.15) is 20.7 Å². The Morgan fingerprint density at radius 2 is 2.15 bits per heavy atom. The molecule has 1 unspecified atom stereocenters. The van der Waals surface area contributed by atoms with Crippen LogP contribution < -0.4 is 34.3 Å². The maximum atomic E-state index is 10.4. The van der Waals surface area contributed by atoms with E-state index in [-0.39, 0.29) is 37.0 Å². The van der Waals surface area contributed by atoms with Crippen molar-refractivity contribution in [3.05, 3.63) is 0 Å². The van der Waals surface area contributed by atoms with Gasteiger partial charge in [-0.3, -0.25) is 4.55 Å².